The summed E-state index contributed by atoms with van der Waals surface area (Å²) in [6.45, 7) is 2.75. The number of piperidine rings is 1. The van der Waals surface area contributed by atoms with Gasteiger partial charge in [0.15, 0.2) is 0 Å². The molecule has 0 bridgehead atoms. The Morgan fingerprint density at radius 1 is 1.22 bits per heavy atom. The minimum Gasteiger partial charge on any atom is -0.342 e. The Bertz CT molecular complexity index is 866. The molecule has 0 spiro atoms. The van der Waals surface area contributed by atoms with E-state index in [0.717, 1.165) is 54.9 Å². The molecular formula is C21H25N5O. The smallest absolute Gasteiger partial charge is 0.236 e. The van der Waals surface area contributed by atoms with E-state index in [1.807, 2.05) is 53.4 Å². The quantitative estimate of drug-likeness (QED) is 0.757. The summed E-state index contributed by atoms with van der Waals surface area (Å²) < 4.78 is 0. The number of likely N-dealkylation sites (N-methyl/N-ethyl adjacent to an activating group) is 1. The zero-order chi connectivity index (χ0) is 18.6. The molecule has 1 aliphatic rings. The van der Waals surface area contributed by atoms with Gasteiger partial charge in [0, 0.05) is 37.9 Å². The van der Waals surface area contributed by atoms with Crippen LogP contribution >= 0.6 is 0 Å². The third-order valence-electron chi connectivity index (χ3n) is 5.22. The summed E-state index contributed by atoms with van der Waals surface area (Å²) in [7, 11) is 1.98. The fourth-order valence-corrected chi connectivity index (χ4v) is 3.76. The number of pyridine rings is 1. The van der Waals surface area contributed by atoms with Gasteiger partial charge >= 0.3 is 0 Å². The first-order chi connectivity index (χ1) is 13.2. The second-order valence-electron chi connectivity index (χ2n) is 7.33. The number of aromatic amines is 1. The second kappa shape index (κ2) is 7.88. The number of likely N-dealkylation sites (tertiary alicyclic amines) is 1. The van der Waals surface area contributed by atoms with Crippen molar-refractivity contribution >= 4 is 16.9 Å². The van der Waals surface area contributed by atoms with Gasteiger partial charge < -0.3 is 9.88 Å². The molecule has 1 amide bonds. The number of carbonyl (C=O) groups is 1. The summed E-state index contributed by atoms with van der Waals surface area (Å²) in [4.78, 5) is 29.0. The average molecular weight is 363 g/mol. The Balaban J connectivity index is 1.30. The Labute approximate surface area is 159 Å². The van der Waals surface area contributed by atoms with Crippen molar-refractivity contribution in [2.45, 2.75) is 25.3 Å². The predicted molar refractivity (Wildman–Crippen MR) is 105 cm³/mol. The molecule has 140 valence electrons. The van der Waals surface area contributed by atoms with Crippen molar-refractivity contribution in [2.24, 2.45) is 0 Å². The molecule has 3 aromatic rings. The maximum atomic E-state index is 12.6. The largest absolute Gasteiger partial charge is 0.342 e. The van der Waals surface area contributed by atoms with Crippen molar-refractivity contribution in [1.82, 2.24) is 24.8 Å². The first-order valence-corrected chi connectivity index (χ1v) is 9.49. The number of nitrogens with zero attached hydrogens (tertiary/aromatic N) is 4. The Kier molecular flexibility index (Phi) is 5.16. The number of imidazole rings is 1. The van der Waals surface area contributed by atoms with Gasteiger partial charge in [0.05, 0.1) is 17.6 Å². The average Bonchev–Trinajstić information content (AvgIpc) is 3.13. The first-order valence-electron chi connectivity index (χ1n) is 9.49. The van der Waals surface area contributed by atoms with E-state index >= 15 is 0 Å². The van der Waals surface area contributed by atoms with Crippen LogP contribution in [-0.4, -0.2) is 57.3 Å². The van der Waals surface area contributed by atoms with Crippen molar-refractivity contribution in [3.8, 4) is 0 Å². The van der Waals surface area contributed by atoms with Crippen molar-refractivity contribution < 1.29 is 4.79 Å². The highest BCUT2D eigenvalue weighted by molar-refractivity contribution is 5.78. The number of carbonyl (C=O) groups excluding carboxylic acids is 1. The van der Waals surface area contributed by atoms with E-state index in [0.29, 0.717) is 12.5 Å². The van der Waals surface area contributed by atoms with Crippen LogP contribution < -0.4 is 0 Å². The fraction of sp³-hybridized carbons (Fsp3) is 0.381. The van der Waals surface area contributed by atoms with Gasteiger partial charge in [-0.15, -0.1) is 0 Å². The molecule has 0 atom stereocenters. The molecule has 1 fully saturated rings. The lowest BCUT2D eigenvalue weighted by molar-refractivity contribution is -0.133. The summed E-state index contributed by atoms with van der Waals surface area (Å²) in [5.74, 6) is 1.65. The van der Waals surface area contributed by atoms with Crippen LogP contribution in [0.15, 0.2) is 48.8 Å². The van der Waals surface area contributed by atoms with Crippen LogP contribution in [-0.2, 0) is 11.3 Å². The predicted octanol–water partition coefficient (Wildman–Crippen LogP) is 2.80. The highest BCUT2D eigenvalue weighted by Gasteiger charge is 2.26. The highest BCUT2D eigenvalue weighted by atomic mass is 16.2. The number of aromatic nitrogens is 3. The van der Waals surface area contributed by atoms with E-state index in [1.54, 1.807) is 6.20 Å². The molecule has 4 rings (SSSR count). The standard InChI is InChI=1S/C21H25N5O/c1-25(14-16-5-4-10-22-13-16)15-20(27)26-11-8-17(9-12-26)21-23-18-6-2-3-7-19(18)24-21/h2-7,10,13,17H,8-9,11-12,14-15H2,1H3,(H,23,24). The summed E-state index contributed by atoms with van der Waals surface area (Å²) in [5, 5.41) is 0. The third-order valence-corrected chi connectivity index (χ3v) is 5.22. The minimum absolute atomic E-state index is 0.199. The lowest BCUT2D eigenvalue weighted by Gasteiger charge is -2.32. The first kappa shape index (κ1) is 17.7. The van der Waals surface area contributed by atoms with Crippen molar-refractivity contribution in [3.05, 3.63) is 60.2 Å². The maximum Gasteiger partial charge on any atom is 0.236 e. The van der Waals surface area contributed by atoms with Crippen LogP contribution in [0.4, 0.5) is 0 Å². The van der Waals surface area contributed by atoms with Gasteiger partial charge in [0.25, 0.3) is 0 Å². The van der Waals surface area contributed by atoms with Gasteiger partial charge in [-0.1, -0.05) is 18.2 Å². The highest BCUT2D eigenvalue weighted by Crippen LogP contribution is 2.27. The molecular weight excluding hydrogens is 338 g/mol. The van der Waals surface area contributed by atoms with E-state index in [1.165, 1.54) is 0 Å². The zero-order valence-electron chi connectivity index (χ0n) is 15.6. The molecule has 0 saturated carbocycles. The van der Waals surface area contributed by atoms with Gasteiger partial charge in [-0.25, -0.2) is 4.98 Å². The van der Waals surface area contributed by atoms with Crippen LogP contribution in [0, 0.1) is 0 Å². The van der Waals surface area contributed by atoms with Gasteiger partial charge in [-0.05, 0) is 43.7 Å². The zero-order valence-corrected chi connectivity index (χ0v) is 15.6. The lowest BCUT2D eigenvalue weighted by Crippen LogP contribution is -2.43. The molecule has 1 N–H and O–H groups in total. The van der Waals surface area contributed by atoms with Gasteiger partial charge in [-0.2, -0.15) is 0 Å². The lowest BCUT2D eigenvalue weighted by atomic mass is 9.96. The summed E-state index contributed by atoms with van der Waals surface area (Å²) in [6, 6.07) is 12.1. The number of hydrogen-bond acceptors (Lipinski definition) is 4. The number of para-hydroxylation sites is 2. The van der Waals surface area contributed by atoms with Crippen LogP contribution in [0.25, 0.3) is 11.0 Å². The summed E-state index contributed by atoms with van der Waals surface area (Å²) >= 11 is 0. The maximum absolute atomic E-state index is 12.6. The van der Waals surface area contributed by atoms with Crippen LogP contribution in [0.5, 0.6) is 0 Å². The van der Waals surface area contributed by atoms with E-state index in [-0.39, 0.29) is 5.91 Å². The van der Waals surface area contributed by atoms with E-state index < -0.39 is 0 Å². The minimum atomic E-state index is 0.199. The van der Waals surface area contributed by atoms with Crippen molar-refractivity contribution in [3.63, 3.8) is 0 Å². The summed E-state index contributed by atoms with van der Waals surface area (Å²) in [5.41, 5.74) is 3.22. The van der Waals surface area contributed by atoms with Crippen LogP contribution in [0.2, 0.25) is 0 Å². The second-order valence-corrected chi connectivity index (χ2v) is 7.33. The number of rotatable bonds is 5. The number of benzene rings is 1. The number of hydrogen-bond donors (Lipinski definition) is 1. The van der Waals surface area contributed by atoms with Crippen LogP contribution in [0.1, 0.15) is 30.1 Å². The molecule has 1 saturated heterocycles. The van der Waals surface area contributed by atoms with Gasteiger partial charge in [0.2, 0.25) is 5.91 Å². The van der Waals surface area contributed by atoms with Crippen LogP contribution in [0.3, 0.4) is 0 Å². The van der Waals surface area contributed by atoms with Gasteiger partial charge in [-0.3, -0.25) is 14.7 Å². The number of H-pyrrole nitrogens is 1. The fourth-order valence-electron chi connectivity index (χ4n) is 3.76. The number of fused-ring (bicyclic) bond motifs is 1. The summed E-state index contributed by atoms with van der Waals surface area (Å²) in [6.07, 6.45) is 5.52. The van der Waals surface area contributed by atoms with Gasteiger partial charge in [0.1, 0.15) is 5.82 Å². The number of amides is 1. The van der Waals surface area contributed by atoms with E-state index in [4.69, 9.17) is 4.98 Å². The number of nitrogens with one attached hydrogen (secondary N) is 1. The molecule has 1 aliphatic heterocycles. The molecule has 3 heterocycles. The monoisotopic (exact) mass is 363 g/mol. The third kappa shape index (κ3) is 4.17. The molecule has 6 heteroatoms. The Morgan fingerprint density at radius 2 is 2.04 bits per heavy atom. The normalized spacial score (nSPS) is 15.6. The molecule has 1 aromatic carbocycles. The topological polar surface area (TPSA) is 65.1 Å². The van der Waals surface area contributed by atoms with Crippen molar-refractivity contribution in [2.75, 3.05) is 26.7 Å². The molecule has 6 nitrogen and oxygen atoms in total. The molecule has 2 aromatic heterocycles. The van der Waals surface area contributed by atoms with Crippen molar-refractivity contribution in [1.29, 1.82) is 0 Å². The Hall–Kier alpha value is -2.73. The molecule has 0 aliphatic carbocycles. The van der Waals surface area contributed by atoms with E-state index in [2.05, 4.69) is 16.0 Å². The van der Waals surface area contributed by atoms with E-state index in [9.17, 15) is 4.79 Å². The molecule has 0 unspecified atom stereocenters. The molecule has 27 heavy (non-hydrogen) atoms. The molecule has 0 radical (unpaired) electrons. The SMILES string of the molecule is CN(CC(=O)N1CCC(c2nc3ccccc3[nH]2)CC1)Cc1cccnc1. The Morgan fingerprint density at radius 3 is 2.78 bits per heavy atom.